The molecular weight excluding hydrogens is 354 g/mol. The van der Waals surface area contributed by atoms with Crippen molar-refractivity contribution < 1.29 is 19.2 Å². The van der Waals surface area contributed by atoms with E-state index in [1.165, 1.54) is 13.8 Å². The van der Waals surface area contributed by atoms with Gasteiger partial charge in [0.1, 0.15) is 0 Å². The van der Waals surface area contributed by atoms with Crippen molar-refractivity contribution in [2.75, 3.05) is 6.61 Å². The van der Waals surface area contributed by atoms with Crippen LogP contribution in [-0.4, -0.2) is 28.8 Å². The van der Waals surface area contributed by atoms with Crippen molar-refractivity contribution in [2.45, 2.75) is 38.6 Å². The molecule has 0 N–H and O–H groups in total. The molecule has 0 saturated carbocycles. The molecule has 1 rings (SSSR count). The maximum Gasteiger partial charge on any atom is 0.375 e. The molecular formula is C15H18BrNO5. The predicted molar refractivity (Wildman–Crippen MR) is 84.2 cm³/mol. The van der Waals surface area contributed by atoms with E-state index in [-0.39, 0.29) is 13.0 Å². The van der Waals surface area contributed by atoms with Crippen LogP contribution in [0.15, 0.2) is 28.7 Å². The molecule has 0 fully saturated rings. The fourth-order valence-electron chi connectivity index (χ4n) is 1.98. The van der Waals surface area contributed by atoms with E-state index in [9.17, 15) is 19.7 Å². The number of halogens is 1. The minimum absolute atomic E-state index is 0.0796. The van der Waals surface area contributed by atoms with Crippen molar-refractivity contribution >= 4 is 27.7 Å². The van der Waals surface area contributed by atoms with Gasteiger partial charge >= 0.3 is 5.97 Å². The molecule has 1 atom stereocenters. The van der Waals surface area contributed by atoms with Crippen molar-refractivity contribution in [2.24, 2.45) is 0 Å². The van der Waals surface area contributed by atoms with Gasteiger partial charge in [0.05, 0.1) is 12.5 Å². The molecule has 1 aromatic rings. The highest BCUT2D eigenvalue weighted by atomic mass is 79.9. The second-order valence-electron chi connectivity index (χ2n) is 5.46. The molecule has 1 unspecified atom stereocenters. The molecule has 0 aliphatic rings. The van der Waals surface area contributed by atoms with Crippen LogP contribution in [0, 0.1) is 10.1 Å². The van der Waals surface area contributed by atoms with E-state index in [1.54, 1.807) is 31.2 Å². The topological polar surface area (TPSA) is 86.5 Å². The summed E-state index contributed by atoms with van der Waals surface area (Å²) in [5.74, 6) is -2.64. The van der Waals surface area contributed by atoms with Gasteiger partial charge in [-0.2, -0.15) is 0 Å². The fourth-order valence-corrected chi connectivity index (χ4v) is 2.24. The van der Waals surface area contributed by atoms with Crippen LogP contribution < -0.4 is 0 Å². The second-order valence-corrected chi connectivity index (χ2v) is 6.38. The van der Waals surface area contributed by atoms with Gasteiger partial charge in [0.15, 0.2) is 0 Å². The highest BCUT2D eigenvalue weighted by Crippen LogP contribution is 2.30. The molecule has 1 aromatic carbocycles. The molecule has 0 saturated heterocycles. The maximum atomic E-state index is 12.3. The van der Waals surface area contributed by atoms with Gasteiger partial charge < -0.3 is 4.74 Å². The lowest BCUT2D eigenvalue weighted by atomic mass is 9.83. The lowest BCUT2D eigenvalue weighted by Crippen LogP contribution is -2.36. The molecule has 0 heterocycles. The van der Waals surface area contributed by atoms with E-state index in [1.807, 2.05) is 0 Å². The zero-order chi connectivity index (χ0) is 16.9. The third-order valence-electron chi connectivity index (χ3n) is 3.26. The molecule has 0 bridgehead atoms. The molecule has 0 radical (unpaired) electrons. The number of hydrogen-bond acceptors (Lipinski definition) is 5. The molecule has 0 amide bonds. The SMILES string of the molecule is CCOC(=O)C(=O)C(CC(C)(C)[N+](=O)[O-])c1ccc(Br)cc1. The largest absolute Gasteiger partial charge is 0.460 e. The van der Waals surface area contributed by atoms with Crippen molar-refractivity contribution in [3.8, 4) is 0 Å². The first-order chi connectivity index (χ1) is 10.2. The molecule has 7 heteroatoms. The van der Waals surface area contributed by atoms with Crippen molar-refractivity contribution in [3.63, 3.8) is 0 Å². The molecule has 22 heavy (non-hydrogen) atoms. The number of esters is 1. The van der Waals surface area contributed by atoms with Crippen molar-refractivity contribution in [1.82, 2.24) is 0 Å². The molecule has 0 aromatic heterocycles. The first kappa shape index (κ1) is 18.3. The standard InChI is InChI=1S/C15H18BrNO5/c1-4-22-14(19)13(18)12(9-15(2,3)17(20)21)10-5-7-11(16)8-6-10/h5-8,12H,4,9H2,1-3H3. The number of Topliss-reactive ketones (excluding diaryl/α,β-unsaturated/α-hetero) is 1. The summed E-state index contributed by atoms with van der Waals surface area (Å²) in [4.78, 5) is 34.7. The second kappa shape index (κ2) is 7.49. The van der Waals surface area contributed by atoms with E-state index in [0.29, 0.717) is 5.56 Å². The quantitative estimate of drug-likeness (QED) is 0.318. The van der Waals surface area contributed by atoms with E-state index >= 15 is 0 Å². The Morgan fingerprint density at radius 1 is 1.32 bits per heavy atom. The van der Waals surface area contributed by atoms with E-state index < -0.39 is 28.1 Å². The van der Waals surface area contributed by atoms with Crippen LogP contribution in [0.4, 0.5) is 0 Å². The van der Waals surface area contributed by atoms with E-state index in [0.717, 1.165) is 4.47 Å². The molecule has 0 aliphatic carbocycles. The maximum absolute atomic E-state index is 12.3. The van der Waals surface area contributed by atoms with Gasteiger partial charge in [-0.25, -0.2) is 4.79 Å². The summed E-state index contributed by atoms with van der Waals surface area (Å²) in [6, 6.07) is 6.78. The minimum atomic E-state index is -1.33. The zero-order valence-corrected chi connectivity index (χ0v) is 14.3. The first-order valence-electron chi connectivity index (χ1n) is 6.80. The Bertz CT molecular complexity index is 568. The summed E-state index contributed by atoms with van der Waals surface area (Å²) in [6.45, 7) is 4.53. The summed E-state index contributed by atoms with van der Waals surface area (Å²) in [7, 11) is 0. The summed E-state index contributed by atoms with van der Waals surface area (Å²) in [5, 5.41) is 11.1. The van der Waals surface area contributed by atoms with Gasteiger partial charge in [0, 0.05) is 29.7 Å². The van der Waals surface area contributed by atoms with Crippen LogP contribution in [0.3, 0.4) is 0 Å². The third kappa shape index (κ3) is 4.62. The van der Waals surface area contributed by atoms with Gasteiger partial charge in [-0.15, -0.1) is 0 Å². The number of ketones is 1. The number of carbonyl (C=O) groups excluding carboxylic acids is 2. The zero-order valence-electron chi connectivity index (χ0n) is 12.7. The number of hydrogen-bond donors (Lipinski definition) is 0. The monoisotopic (exact) mass is 371 g/mol. The number of ether oxygens (including phenoxy) is 1. The highest BCUT2D eigenvalue weighted by molar-refractivity contribution is 9.10. The van der Waals surface area contributed by atoms with Gasteiger partial charge in [-0.05, 0) is 24.6 Å². The smallest absolute Gasteiger partial charge is 0.375 e. The Balaban J connectivity index is 3.15. The average molecular weight is 372 g/mol. The Hall–Kier alpha value is -1.76. The normalized spacial score (nSPS) is 12.5. The van der Waals surface area contributed by atoms with Crippen LogP contribution in [0.25, 0.3) is 0 Å². The summed E-state index contributed by atoms with van der Waals surface area (Å²) >= 11 is 3.29. The number of nitro groups is 1. The van der Waals surface area contributed by atoms with E-state index in [4.69, 9.17) is 4.74 Å². The summed E-state index contributed by atoms with van der Waals surface area (Å²) in [6.07, 6.45) is -0.0840. The minimum Gasteiger partial charge on any atom is -0.460 e. The van der Waals surface area contributed by atoms with Crippen LogP contribution in [0.1, 0.15) is 38.7 Å². The van der Waals surface area contributed by atoms with Crippen molar-refractivity contribution in [3.05, 3.63) is 44.4 Å². The molecule has 120 valence electrons. The molecule has 0 aliphatic heterocycles. The number of benzene rings is 1. The van der Waals surface area contributed by atoms with Gasteiger partial charge in [-0.3, -0.25) is 14.9 Å². The van der Waals surface area contributed by atoms with Crippen molar-refractivity contribution in [1.29, 1.82) is 0 Å². The molecule has 6 nitrogen and oxygen atoms in total. The van der Waals surface area contributed by atoms with Crippen LogP contribution in [0.2, 0.25) is 0 Å². The first-order valence-corrected chi connectivity index (χ1v) is 7.59. The Morgan fingerprint density at radius 2 is 1.86 bits per heavy atom. The molecule has 0 spiro atoms. The van der Waals surface area contributed by atoms with Crippen LogP contribution >= 0.6 is 15.9 Å². The Morgan fingerprint density at radius 3 is 2.32 bits per heavy atom. The number of rotatable bonds is 7. The number of carbonyl (C=O) groups is 2. The fraction of sp³-hybridized carbons (Fsp3) is 0.467. The summed E-state index contributed by atoms with van der Waals surface area (Å²) in [5.41, 5.74) is -0.781. The highest BCUT2D eigenvalue weighted by Gasteiger charge is 2.39. The predicted octanol–water partition coefficient (Wildman–Crippen LogP) is 3.11. The van der Waals surface area contributed by atoms with Gasteiger partial charge in [-0.1, -0.05) is 28.1 Å². The lowest BCUT2D eigenvalue weighted by Gasteiger charge is -2.22. The van der Waals surface area contributed by atoms with Gasteiger partial charge in [0.25, 0.3) is 0 Å². The average Bonchev–Trinajstić information content (AvgIpc) is 2.45. The van der Waals surface area contributed by atoms with Crippen LogP contribution in [-0.2, 0) is 14.3 Å². The third-order valence-corrected chi connectivity index (χ3v) is 3.79. The Kier molecular flexibility index (Phi) is 6.22. The summed E-state index contributed by atoms with van der Waals surface area (Å²) < 4.78 is 5.55. The lowest BCUT2D eigenvalue weighted by molar-refractivity contribution is -0.561. The van der Waals surface area contributed by atoms with Gasteiger partial charge in [0.2, 0.25) is 11.3 Å². The number of nitrogens with zero attached hydrogens (tertiary/aromatic N) is 1. The Labute approximate surface area is 137 Å². The van der Waals surface area contributed by atoms with Crippen LogP contribution in [0.5, 0.6) is 0 Å². The van der Waals surface area contributed by atoms with E-state index in [2.05, 4.69) is 15.9 Å².